The number of nitrogens with one attached hydrogen (secondary N) is 1. The molecule has 0 unspecified atom stereocenters. The van der Waals surface area contributed by atoms with Gasteiger partial charge >= 0.3 is 0 Å². The van der Waals surface area contributed by atoms with Crippen LogP contribution >= 0.6 is 0 Å². The van der Waals surface area contributed by atoms with E-state index in [0.717, 1.165) is 16.3 Å². The second-order valence-electron chi connectivity index (χ2n) is 6.50. The summed E-state index contributed by atoms with van der Waals surface area (Å²) < 4.78 is 30.9. The smallest absolute Gasteiger partial charge is 0.262 e. The molecule has 0 saturated carbocycles. The Bertz CT molecular complexity index is 877. The zero-order chi connectivity index (χ0) is 20.0. The van der Waals surface area contributed by atoms with Gasteiger partial charge in [-0.15, -0.1) is 0 Å². The normalized spacial score (nSPS) is 12.6. The Kier molecular flexibility index (Phi) is 6.98. The van der Waals surface area contributed by atoms with Crippen LogP contribution in [0.2, 0.25) is 0 Å². The number of carbonyl (C=O) groups excluding carboxylic acids is 1. The van der Waals surface area contributed by atoms with Gasteiger partial charge in [0, 0.05) is 19.8 Å². The molecule has 6 nitrogen and oxygen atoms in total. The fraction of sp³-hybridized carbons (Fsp3) is 0.350. The predicted octanol–water partition coefficient (Wildman–Crippen LogP) is 3.47. The monoisotopic (exact) mass is 390 g/mol. The number of carbonyl (C=O) groups is 1. The van der Waals surface area contributed by atoms with Gasteiger partial charge in [-0.05, 0) is 48.2 Å². The molecule has 0 aromatic heterocycles. The fourth-order valence-corrected chi connectivity index (χ4v) is 3.40. The quantitative estimate of drug-likeness (QED) is 0.749. The number of anilines is 1. The van der Waals surface area contributed by atoms with Crippen molar-refractivity contribution in [3.63, 3.8) is 0 Å². The Morgan fingerprint density at radius 3 is 2.33 bits per heavy atom. The lowest BCUT2D eigenvalue weighted by molar-refractivity contribution is -0.118. The van der Waals surface area contributed by atoms with Gasteiger partial charge in [-0.1, -0.05) is 32.0 Å². The first kappa shape index (κ1) is 20.9. The molecule has 27 heavy (non-hydrogen) atoms. The van der Waals surface area contributed by atoms with Gasteiger partial charge < -0.3 is 10.1 Å². The van der Waals surface area contributed by atoms with Gasteiger partial charge in [0.15, 0.2) is 6.61 Å². The first-order valence-corrected chi connectivity index (χ1v) is 10.2. The lowest BCUT2D eigenvalue weighted by atomic mass is 9.98. The molecule has 2 aromatic rings. The Morgan fingerprint density at radius 1 is 1.11 bits per heavy atom. The van der Waals surface area contributed by atoms with Crippen LogP contribution in [0.25, 0.3) is 0 Å². The van der Waals surface area contributed by atoms with Gasteiger partial charge in [0.2, 0.25) is 10.0 Å². The van der Waals surface area contributed by atoms with Crippen LogP contribution in [0.5, 0.6) is 5.75 Å². The molecular weight excluding hydrogens is 364 g/mol. The molecule has 2 rings (SSSR count). The number of benzene rings is 2. The van der Waals surface area contributed by atoms with E-state index in [0.29, 0.717) is 17.4 Å². The molecular formula is C20H26N2O4S. The van der Waals surface area contributed by atoms with Crippen LogP contribution < -0.4 is 10.1 Å². The molecule has 2 aromatic carbocycles. The van der Waals surface area contributed by atoms with Crippen molar-refractivity contribution >= 4 is 21.6 Å². The lowest BCUT2D eigenvalue weighted by Crippen LogP contribution is -2.22. The molecule has 0 aliphatic carbocycles. The highest BCUT2D eigenvalue weighted by molar-refractivity contribution is 7.89. The summed E-state index contributed by atoms with van der Waals surface area (Å²) in [5.74, 6) is 0.738. The highest BCUT2D eigenvalue weighted by Gasteiger charge is 2.17. The molecule has 146 valence electrons. The lowest BCUT2D eigenvalue weighted by Gasteiger charge is -2.15. The Balaban J connectivity index is 1.99. The van der Waals surface area contributed by atoms with E-state index in [1.807, 2.05) is 24.3 Å². The topological polar surface area (TPSA) is 75.7 Å². The maximum atomic E-state index is 12.2. The van der Waals surface area contributed by atoms with Gasteiger partial charge in [0.1, 0.15) is 5.75 Å². The van der Waals surface area contributed by atoms with Gasteiger partial charge in [-0.25, -0.2) is 12.7 Å². The number of sulfonamides is 1. The van der Waals surface area contributed by atoms with Crippen LogP contribution in [0.4, 0.5) is 5.69 Å². The molecule has 7 heteroatoms. The minimum Gasteiger partial charge on any atom is -0.483 e. The second-order valence-corrected chi connectivity index (χ2v) is 8.65. The largest absolute Gasteiger partial charge is 0.483 e. The van der Waals surface area contributed by atoms with Gasteiger partial charge in [-0.3, -0.25) is 4.79 Å². The fourth-order valence-electron chi connectivity index (χ4n) is 2.50. The van der Waals surface area contributed by atoms with E-state index in [-0.39, 0.29) is 17.4 Å². The minimum atomic E-state index is -3.49. The van der Waals surface area contributed by atoms with Crippen molar-refractivity contribution in [3.8, 4) is 5.75 Å². The van der Waals surface area contributed by atoms with E-state index in [2.05, 4.69) is 19.2 Å². The molecule has 0 fully saturated rings. The summed E-state index contributed by atoms with van der Waals surface area (Å²) in [5.41, 5.74) is 1.59. The van der Waals surface area contributed by atoms with Crippen LogP contribution in [-0.2, 0) is 14.8 Å². The number of ether oxygens (including phenoxy) is 1. The maximum Gasteiger partial charge on any atom is 0.262 e. The van der Waals surface area contributed by atoms with Crippen molar-refractivity contribution in [2.45, 2.75) is 31.1 Å². The van der Waals surface area contributed by atoms with Gasteiger partial charge in [0.25, 0.3) is 5.91 Å². The van der Waals surface area contributed by atoms with Gasteiger partial charge in [-0.2, -0.15) is 0 Å². The molecule has 0 bridgehead atoms. The predicted molar refractivity (Wildman–Crippen MR) is 107 cm³/mol. The average Bonchev–Trinajstić information content (AvgIpc) is 2.66. The molecule has 0 saturated heterocycles. The van der Waals surface area contributed by atoms with Crippen molar-refractivity contribution in [3.05, 3.63) is 54.1 Å². The third-order valence-electron chi connectivity index (χ3n) is 4.34. The molecule has 0 radical (unpaired) electrons. The third kappa shape index (κ3) is 5.30. The third-order valence-corrected chi connectivity index (χ3v) is 6.17. The summed E-state index contributed by atoms with van der Waals surface area (Å²) in [6.45, 7) is 4.10. The first-order valence-electron chi connectivity index (χ1n) is 8.80. The zero-order valence-corrected chi connectivity index (χ0v) is 16.9. The average molecular weight is 391 g/mol. The van der Waals surface area contributed by atoms with E-state index in [1.54, 1.807) is 12.1 Å². The van der Waals surface area contributed by atoms with Crippen LogP contribution in [0.1, 0.15) is 31.7 Å². The molecule has 0 aliphatic rings. The number of rotatable bonds is 8. The first-order chi connectivity index (χ1) is 12.8. The summed E-state index contributed by atoms with van der Waals surface area (Å²) in [6, 6.07) is 13.7. The molecule has 0 heterocycles. The standard InChI is InChI=1S/C20H26N2O4S/c1-5-15(2)18-8-6-7-9-19(18)26-14-20(23)21-16-10-12-17(13-11-16)27(24,25)22(3)4/h6-13,15H,5,14H2,1-4H3,(H,21,23)/t15-/m1/s1. The minimum absolute atomic E-state index is 0.120. The van der Waals surface area contributed by atoms with Crippen molar-refractivity contribution in [1.29, 1.82) is 0 Å². The highest BCUT2D eigenvalue weighted by Crippen LogP contribution is 2.28. The van der Waals surface area contributed by atoms with Crippen molar-refractivity contribution < 1.29 is 17.9 Å². The molecule has 1 N–H and O–H groups in total. The van der Waals surface area contributed by atoms with E-state index < -0.39 is 10.0 Å². The van der Waals surface area contributed by atoms with Crippen LogP contribution in [-0.4, -0.2) is 39.3 Å². The van der Waals surface area contributed by atoms with E-state index in [9.17, 15) is 13.2 Å². The molecule has 0 spiro atoms. The maximum absolute atomic E-state index is 12.2. The second kappa shape index (κ2) is 9.01. The summed E-state index contributed by atoms with van der Waals surface area (Å²) >= 11 is 0. The van der Waals surface area contributed by atoms with Gasteiger partial charge in [0.05, 0.1) is 4.90 Å². The Morgan fingerprint density at radius 2 is 1.74 bits per heavy atom. The Hall–Kier alpha value is -2.38. The van der Waals surface area contributed by atoms with Crippen molar-refractivity contribution in [2.75, 3.05) is 26.0 Å². The zero-order valence-electron chi connectivity index (χ0n) is 16.1. The number of hydrogen-bond acceptors (Lipinski definition) is 4. The molecule has 1 atom stereocenters. The Labute approximate surface area is 161 Å². The summed E-state index contributed by atoms with van der Waals surface area (Å²) in [6.07, 6.45) is 0.981. The summed E-state index contributed by atoms with van der Waals surface area (Å²) in [5, 5.41) is 2.71. The van der Waals surface area contributed by atoms with Crippen molar-refractivity contribution in [1.82, 2.24) is 4.31 Å². The highest BCUT2D eigenvalue weighted by atomic mass is 32.2. The summed E-state index contributed by atoms with van der Waals surface area (Å²) in [4.78, 5) is 12.3. The number of nitrogens with zero attached hydrogens (tertiary/aromatic N) is 1. The van der Waals surface area contributed by atoms with Crippen LogP contribution in [0.3, 0.4) is 0 Å². The van der Waals surface area contributed by atoms with Crippen molar-refractivity contribution in [2.24, 2.45) is 0 Å². The summed E-state index contributed by atoms with van der Waals surface area (Å²) in [7, 11) is -0.544. The van der Waals surface area contributed by atoms with E-state index >= 15 is 0 Å². The number of amides is 1. The van der Waals surface area contributed by atoms with Crippen LogP contribution in [0, 0.1) is 0 Å². The molecule has 1 amide bonds. The number of para-hydroxylation sites is 1. The van der Waals surface area contributed by atoms with E-state index in [4.69, 9.17) is 4.74 Å². The molecule has 0 aliphatic heterocycles. The van der Waals surface area contributed by atoms with E-state index in [1.165, 1.54) is 26.2 Å². The SMILES string of the molecule is CC[C@@H](C)c1ccccc1OCC(=O)Nc1ccc(S(=O)(=O)N(C)C)cc1. The van der Waals surface area contributed by atoms with Crippen LogP contribution in [0.15, 0.2) is 53.4 Å². The number of hydrogen-bond donors (Lipinski definition) is 1.